The van der Waals surface area contributed by atoms with Crippen LogP contribution in [0.5, 0.6) is 0 Å². The predicted molar refractivity (Wildman–Crippen MR) is 112 cm³/mol. The Hall–Kier alpha value is -2.77. The third kappa shape index (κ3) is 4.21. The number of oxazole rings is 1. The van der Waals surface area contributed by atoms with Crippen LogP contribution in [-0.2, 0) is 17.8 Å². The summed E-state index contributed by atoms with van der Waals surface area (Å²) in [5.41, 5.74) is 2.57. The van der Waals surface area contributed by atoms with Gasteiger partial charge in [-0.1, -0.05) is 18.2 Å². The normalized spacial score (nSPS) is 10.9. The summed E-state index contributed by atoms with van der Waals surface area (Å²) < 4.78 is 5.72. The molecule has 0 aliphatic carbocycles. The highest BCUT2D eigenvalue weighted by molar-refractivity contribution is 7.16. The number of carbonyl (C=O) groups excluding carboxylic acids is 1. The van der Waals surface area contributed by atoms with E-state index in [-0.39, 0.29) is 12.3 Å². The number of benzene rings is 1. The van der Waals surface area contributed by atoms with Gasteiger partial charge in [-0.3, -0.25) is 4.79 Å². The Morgan fingerprint density at radius 3 is 2.68 bits per heavy atom. The van der Waals surface area contributed by atoms with E-state index in [1.807, 2.05) is 50.2 Å². The molecule has 0 saturated carbocycles. The molecule has 0 fully saturated rings. The summed E-state index contributed by atoms with van der Waals surface area (Å²) in [4.78, 5) is 23.6. The van der Waals surface area contributed by atoms with Gasteiger partial charge in [0.1, 0.15) is 5.76 Å². The number of carbonyl (C=O) groups is 1. The number of hydrogen-bond acceptors (Lipinski definition) is 6. The maximum atomic E-state index is 12.4. The van der Waals surface area contributed by atoms with Gasteiger partial charge in [0.15, 0.2) is 0 Å². The fourth-order valence-electron chi connectivity index (χ4n) is 2.78. The molecule has 0 spiro atoms. The molecule has 3 heterocycles. The monoisotopic (exact) mass is 409 g/mol. The first-order valence-electron chi connectivity index (χ1n) is 8.88. The van der Waals surface area contributed by atoms with Crippen LogP contribution in [0, 0.1) is 13.8 Å². The van der Waals surface area contributed by atoms with Crippen molar-refractivity contribution in [2.45, 2.75) is 26.8 Å². The molecule has 28 heavy (non-hydrogen) atoms. The first-order chi connectivity index (χ1) is 13.6. The van der Waals surface area contributed by atoms with Gasteiger partial charge in [0, 0.05) is 15.8 Å². The molecular formula is C21H19N3O2S2. The summed E-state index contributed by atoms with van der Waals surface area (Å²) in [5.74, 6) is 1.14. The Bertz CT molecular complexity index is 1100. The van der Waals surface area contributed by atoms with Crippen molar-refractivity contribution in [1.29, 1.82) is 0 Å². The van der Waals surface area contributed by atoms with Crippen molar-refractivity contribution in [2.75, 3.05) is 0 Å². The van der Waals surface area contributed by atoms with Crippen LogP contribution in [0.3, 0.4) is 0 Å². The molecule has 1 aromatic carbocycles. The second kappa shape index (κ2) is 8.08. The van der Waals surface area contributed by atoms with E-state index in [2.05, 4.69) is 26.7 Å². The van der Waals surface area contributed by atoms with Crippen LogP contribution in [0.4, 0.5) is 0 Å². The minimum absolute atomic E-state index is 0.0736. The molecule has 0 saturated heterocycles. The average molecular weight is 410 g/mol. The molecule has 142 valence electrons. The zero-order chi connectivity index (χ0) is 19.5. The van der Waals surface area contributed by atoms with Crippen molar-refractivity contribution in [2.24, 2.45) is 0 Å². The summed E-state index contributed by atoms with van der Waals surface area (Å²) in [6.07, 6.45) is 0.200. The number of thiophene rings is 1. The lowest BCUT2D eigenvalue weighted by atomic mass is 10.2. The van der Waals surface area contributed by atoms with Gasteiger partial charge in [0.05, 0.1) is 34.2 Å². The summed E-state index contributed by atoms with van der Waals surface area (Å²) in [6, 6.07) is 13.8. The Morgan fingerprint density at radius 1 is 1.11 bits per heavy atom. The zero-order valence-electron chi connectivity index (χ0n) is 15.6. The summed E-state index contributed by atoms with van der Waals surface area (Å²) in [6.45, 7) is 4.33. The van der Waals surface area contributed by atoms with Crippen LogP contribution in [0.15, 0.2) is 52.3 Å². The molecule has 7 heteroatoms. The third-order valence-corrected chi connectivity index (χ3v) is 6.12. The Balaban J connectivity index is 1.36. The number of aryl methyl sites for hydroxylation is 2. The highest BCUT2D eigenvalue weighted by Gasteiger charge is 2.15. The number of thiazole rings is 1. The van der Waals surface area contributed by atoms with Gasteiger partial charge in [-0.2, -0.15) is 0 Å². The van der Waals surface area contributed by atoms with E-state index in [9.17, 15) is 4.79 Å². The molecular weight excluding hydrogens is 390 g/mol. The van der Waals surface area contributed by atoms with E-state index < -0.39 is 0 Å². The largest absolute Gasteiger partial charge is 0.441 e. The lowest BCUT2D eigenvalue weighted by Gasteiger charge is -2.02. The fourth-order valence-corrected chi connectivity index (χ4v) is 4.38. The number of nitrogens with zero attached hydrogens (tertiary/aromatic N) is 2. The van der Waals surface area contributed by atoms with Crippen molar-refractivity contribution in [3.05, 3.63) is 69.2 Å². The number of nitrogens with one attached hydrogen (secondary N) is 1. The average Bonchev–Trinajstić information content (AvgIpc) is 3.42. The highest BCUT2D eigenvalue weighted by Crippen LogP contribution is 2.29. The van der Waals surface area contributed by atoms with Gasteiger partial charge in [-0.15, -0.1) is 22.7 Å². The quantitative estimate of drug-likeness (QED) is 0.486. The third-order valence-electron chi connectivity index (χ3n) is 4.23. The molecule has 0 atom stereocenters. The zero-order valence-corrected chi connectivity index (χ0v) is 17.2. The molecule has 0 aliphatic rings. The van der Waals surface area contributed by atoms with Crippen LogP contribution in [0.1, 0.15) is 21.3 Å². The van der Waals surface area contributed by atoms with Gasteiger partial charge < -0.3 is 9.73 Å². The van der Waals surface area contributed by atoms with E-state index in [0.717, 1.165) is 26.0 Å². The number of amides is 1. The van der Waals surface area contributed by atoms with E-state index in [4.69, 9.17) is 4.42 Å². The summed E-state index contributed by atoms with van der Waals surface area (Å²) in [5, 5.41) is 6.07. The van der Waals surface area contributed by atoms with Gasteiger partial charge in [-0.05, 0) is 38.1 Å². The molecule has 0 radical (unpaired) electrons. The van der Waals surface area contributed by atoms with Gasteiger partial charge >= 0.3 is 0 Å². The van der Waals surface area contributed by atoms with Crippen molar-refractivity contribution in [3.8, 4) is 22.0 Å². The SMILES string of the molecule is Cc1nc(-c2ccc(CNC(=O)Cc3nc(-c4ccccc4)oc3C)s2)cs1. The molecule has 0 unspecified atom stereocenters. The molecule has 1 N–H and O–H groups in total. The number of aromatic nitrogens is 2. The minimum Gasteiger partial charge on any atom is -0.441 e. The topological polar surface area (TPSA) is 68.0 Å². The molecule has 0 bridgehead atoms. The maximum absolute atomic E-state index is 12.4. The Labute approximate surface area is 171 Å². The predicted octanol–water partition coefficient (Wildman–Crippen LogP) is 5.00. The number of hydrogen-bond donors (Lipinski definition) is 1. The fraction of sp³-hybridized carbons (Fsp3) is 0.190. The van der Waals surface area contributed by atoms with Crippen LogP contribution in [0.2, 0.25) is 0 Å². The van der Waals surface area contributed by atoms with E-state index >= 15 is 0 Å². The van der Waals surface area contributed by atoms with Crippen LogP contribution < -0.4 is 5.32 Å². The van der Waals surface area contributed by atoms with E-state index in [1.54, 1.807) is 22.7 Å². The second-order valence-corrected chi connectivity index (χ2v) is 8.59. The van der Waals surface area contributed by atoms with E-state index in [1.165, 1.54) is 0 Å². The first-order valence-corrected chi connectivity index (χ1v) is 10.6. The van der Waals surface area contributed by atoms with Crippen molar-refractivity contribution in [1.82, 2.24) is 15.3 Å². The van der Waals surface area contributed by atoms with Crippen molar-refractivity contribution >= 4 is 28.6 Å². The maximum Gasteiger partial charge on any atom is 0.226 e. The summed E-state index contributed by atoms with van der Waals surface area (Å²) in [7, 11) is 0. The molecule has 1 amide bonds. The van der Waals surface area contributed by atoms with Crippen molar-refractivity contribution < 1.29 is 9.21 Å². The minimum atomic E-state index is -0.0736. The van der Waals surface area contributed by atoms with Gasteiger partial charge in [-0.25, -0.2) is 9.97 Å². The van der Waals surface area contributed by atoms with Crippen LogP contribution >= 0.6 is 22.7 Å². The summed E-state index contributed by atoms with van der Waals surface area (Å²) >= 11 is 3.29. The van der Waals surface area contributed by atoms with Crippen LogP contribution in [-0.4, -0.2) is 15.9 Å². The molecule has 3 aromatic heterocycles. The van der Waals surface area contributed by atoms with E-state index in [0.29, 0.717) is 23.9 Å². The molecule has 0 aliphatic heterocycles. The van der Waals surface area contributed by atoms with Gasteiger partial charge in [0.25, 0.3) is 0 Å². The Kier molecular flexibility index (Phi) is 5.36. The molecule has 4 aromatic rings. The van der Waals surface area contributed by atoms with Gasteiger partial charge in [0.2, 0.25) is 11.8 Å². The van der Waals surface area contributed by atoms with Crippen LogP contribution in [0.25, 0.3) is 22.0 Å². The van der Waals surface area contributed by atoms with Crippen molar-refractivity contribution in [3.63, 3.8) is 0 Å². The standard InChI is InChI=1S/C21H19N3O2S2/c1-13-17(24-21(26-13)15-6-4-3-5-7-15)10-20(25)22-11-16-8-9-19(28-16)18-12-27-14(2)23-18/h3-9,12H,10-11H2,1-2H3,(H,22,25). The Morgan fingerprint density at radius 2 is 1.93 bits per heavy atom. The number of rotatable bonds is 6. The second-order valence-electron chi connectivity index (χ2n) is 6.36. The highest BCUT2D eigenvalue weighted by atomic mass is 32.1. The lowest BCUT2D eigenvalue weighted by Crippen LogP contribution is -2.24. The lowest BCUT2D eigenvalue weighted by molar-refractivity contribution is -0.120. The molecule has 4 rings (SSSR count). The molecule has 5 nitrogen and oxygen atoms in total. The smallest absolute Gasteiger partial charge is 0.226 e. The first kappa shape index (κ1) is 18.6.